The van der Waals surface area contributed by atoms with Crippen LogP contribution in [0.3, 0.4) is 0 Å². The zero-order valence-corrected chi connectivity index (χ0v) is 22.8. The Morgan fingerprint density at radius 3 is 2.56 bits per heavy atom. The molecule has 0 unspecified atom stereocenters. The van der Waals surface area contributed by atoms with Gasteiger partial charge in [-0.25, -0.2) is 13.9 Å². The molecule has 0 spiro atoms. The molecule has 0 fully saturated rings. The van der Waals surface area contributed by atoms with Gasteiger partial charge in [0.25, 0.3) is 0 Å². The van der Waals surface area contributed by atoms with E-state index in [0.29, 0.717) is 27.9 Å². The molecule has 0 saturated carbocycles. The van der Waals surface area contributed by atoms with Crippen LogP contribution in [0, 0.1) is 5.82 Å². The van der Waals surface area contributed by atoms with Crippen LogP contribution >= 0.6 is 11.6 Å². The topological polar surface area (TPSA) is 86.0 Å². The quantitative estimate of drug-likeness (QED) is 0.241. The molecule has 0 aliphatic rings. The van der Waals surface area contributed by atoms with Gasteiger partial charge in [-0.05, 0) is 60.7 Å². The van der Waals surface area contributed by atoms with Crippen molar-refractivity contribution in [2.45, 2.75) is 32.7 Å². The minimum absolute atomic E-state index is 0.0370. The number of aryl methyl sites for hydroxylation is 1. The highest BCUT2D eigenvalue weighted by atomic mass is 35.5. The van der Waals surface area contributed by atoms with Crippen molar-refractivity contribution in [3.05, 3.63) is 95.0 Å². The predicted octanol–water partition coefficient (Wildman–Crippen LogP) is 6.96. The first-order valence-corrected chi connectivity index (χ1v) is 12.7. The van der Waals surface area contributed by atoms with E-state index in [1.165, 1.54) is 12.1 Å². The Hall–Kier alpha value is -4.37. The van der Waals surface area contributed by atoms with E-state index in [2.05, 4.69) is 15.7 Å². The molecule has 0 aliphatic heterocycles. The van der Waals surface area contributed by atoms with Crippen molar-refractivity contribution in [1.29, 1.82) is 0 Å². The highest BCUT2D eigenvalue weighted by Crippen LogP contribution is 2.29. The molecule has 8 nitrogen and oxygen atoms in total. The molecule has 2 heterocycles. The number of hydrogen-bond donors (Lipinski definition) is 2. The maximum absolute atomic E-state index is 14.1. The van der Waals surface area contributed by atoms with Gasteiger partial charge in [0.2, 0.25) is 0 Å². The SMILES string of the molecule is Cn1ncc2cc(Oc3ccc(F)cc3CNC(=O)Nc3cc(C(C)(C)C)nn3-c3ccc(Cl)cc3)ccc21. The van der Waals surface area contributed by atoms with Crippen LogP contribution in [-0.2, 0) is 19.0 Å². The number of carbonyl (C=O) groups is 1. The van der Waals surface area contributed by atoms with E-state index in [4.69, 9.17) is 21.4 Å². The van der Waals surface area contributed by atoms with Crippen molar-refractivity contribution in [2.75, 3.05) is 5.32 Å². The number of carbonyl (C=O) groups excluding carboxylic acids is 1. The van der Waals surface area contributed by atoms with Gasteiger partial charge in [-0.1, -0.05) is 32.4 Å². The van der Waals surface area contributed by atoms with Crippen molar-refractivity contribution < 1.29 is 13.9 Å². The van der Waals surface area contributed by atoms with E-state index in [9.17, 15) is 9.18 Å². The molecule has 10 heteroatoms. The minimum atomic E-state index is -0.474. The molecule has 2 amide bonds. The second kappa shape index (κ2) is 10.4. The summed E-state index contributed by atoms with van der Waals surface area (Å²) in [5.74, 6) is 1.06. The largest absolute Gasteiger partial charge is 0.457 e. The molecule has 3 aromatic carbocycles. The Labute approximate surface area is 230 Å². The number of amides is 2. The normalized spacial score (nSPS) is 11.5. The number of benzene rings is 3. The van der Waals surface area contributed by atoms with Gasteiger partial charge in [0.1, 0.15) is 23.1 Å². The third-order valence-corrected chi connectivity index (χ3v) is 6.45. The first kappa shape index (κ1) is 26.2. The summed E-state index contributed by atoms with van der Waals surface area (Å²) in [6.45, 7) is 6.17. The van der Waals surface area contributed by atoms with Gasteiger partial charge in [-0.2, -0.15) is 10.2 Å². The fourth-order valence-corrected chi connectivity index (χ4v) is 4.20. The molecule has 0 atom stereocenters. The second-order valence-electron chi connectivity index (χ2n) is 10.2. The molecule has 2 N–H and O–H groups in total. The van der Waals surface area contributed by atoms with E-state index < -0.39 is 11.8 Å². The van der Waals surface area contributed by atoms with Crippen LogP contribution in [0.2, 0.25) is 5.02 Å². The summed E-state index contributed by atoms with van der Waals surface area (Å²) >= 11 is 6.05. The summed E-state index contributed by atoms with van der Waals surface area (Å²) in [4.78, 5) is 13.0. The van der Waals surface area contributed by atoms with Crippen LogP contribution in [0.25, 0.3) is 16.6 Å². The van der Waals surface area contributed by atoms with Gasteiger partial charge >= 0.3 is 6.03 Å². The molecule has 0 bridgehead atoms. The van der Waals surface area contributed by atoms with Crippen molar-refractivity contribution in [3.8, 4) is 17.2 Å². The van der Waals surface area contributed by atoms with Gasteiger partial charge in [0, 0.05) is 41.0 Å². The van der Waals surface area contributed by atoms with Gasteiger partial charge in [-0.3, -0.25) is 10.00 Å². The Morgan fingerprint density at radius 1 is 1.05 bits per heavy atom. The van der Waals surface area contributed by atoms with Crippen LogP contribution in [0.15, 0.2) is 72.9 Å². The van der Waals surface area contributed by atoms with E-state index in [0.717, 1.165) is 22.3 Å². The summed E-state index contributed by atoms with van der Waals surface area (Å²) in [7, 11) is 1.87. The summed E-state index contributed by atoms with van der Waals surface area (Å²) in [5, 5.41) is 16.1. The average molecular weight is 547 g/mol. The van der Waals surface area contributed by atoms with Crippen LogP contribution in [-0.4, -0.2) is 25.6 Å². The number of halogens is 2. The lowest BCUT2D eigenvalue weighted by molar-refractivity contribution is 0.251. The number of aromatic nitrogens is 4. The van der Waals surface area contributed by atoms with E-state index in [-0.39, 0.29) is 12.0 Å². The first-order chi connectivity index (χ1) is 18.6. The standard InChI is InChI=1S/C29H28ClFN6O2/c1-29(2,3)26-15-27(37(35-26)22-8-5-20(30)6-9-22)34-28(38)32-16-19-13-21(31)7-12-25(19)39-23-10-11-24-18(14-23)17-33-36(24)4/h5-15,17H,16H2,1-4H3,(H2,32,34,38). The molecule has 5 rings (SSSR count). The number of hydrogen-bond acceptors (Lipinski definition) is 4. The van der Waals surface area contributed by atoms with Gasteiger partial charge in [0.15, 0.2) is 0 Å². The lowest BCUT2D eigenvalue weighted by Gasteiger charge is -2.14. The van der Waals surface area contributed by atoms with E-state index in [1.807, 2.05) is 64.2 Å². The zero-order valence-electron chi connectivity index (χ0n) is 22.0. The van der Waals surface area contributed by atoms with Crippen LogP contribution in [0.4, 0.5) is 15.0 Å². The number of ether oxygens (including phenoxy) is 1. The summed E-state index contributed by atoms with van der Waals surface area (Å²) in [5.41, 5.74) is 2.76. The number of fused-ring (bicyclic) bond motifs is 1. The van der Waals surface area contributed by atoms with Gasteiger partial charge < -0.3 is 10.1 Å². The molecule has 0 aliphatic carbocycles. The second-order valence-corrected chi connectivity index (χ2v) is 10.6. The molecule has 39 heavy (non-hydrogen) atoms. The lowest BCUT2D eigenvalue weighted by atomic mass is 9.92. The monoisotopic (exact) mass is 546 g/mol. The first-order valence-electron chi connectivity index (χ1n) is 12.4. The molecule has 0 saturated heterocycles. The molecule has 5 aromatic rings. The zero-order chi connectivity index (χ0) is 27.7. The number of nitrogens with one attached hydrogen (secondary N) is 2. The van der Waals surface area contributed by atoms with E-state index in [1.54, 1.807) is 33.8 Å². The Bertz CT molecular complexity index is 1650. The average Bonchev–Trinajstić information content (AvgIpc) is 3.48. The molecular weight excluding hydrogens is 519 g/mol. The summed E-state index contributed by atoms with van der Waals surface area (Å²) in [6, 6.07) is 18.3. The van der Waals surface area contributed by atoms with Crippen LogP contribution in [0.5, 0.6) is 11.5 Å². The van der Waals surface area contributed by atoms with Gasteiger partial charge in [0.05, 0.1) is 23.1 Å². The number of urea groups is 1. The smallest absolute Gasteiger partial charge is 0.320 e. The van der Waals surface area contributed by atoms with Crippen LogP contribution in [0.1, 0.15) is 32.0 Å². The highest BCUT2D eigenvalue weighted by Gasteiger charge is 2.22. The third kappa shape index (κ3) is 5.88. The van der Waals surface area contributed by atoms with Crippen molar-refractivity contribution in [3.63, 3.8) is 0 Å². The Kier molecular flexibility index (Phi) is 7.01. The molecule has 200 valence electrons. The molecular formula is C29H28ClFN6O2. The Morgan fingerprint density at radius 2 is 1.82 bits per heavy atom. The molecule has 0 radical (unpaired) electrons. The number of anilines is 1. The fraction of sp³-hybridized carbons (Fsp3) is 0.207. The summed E-state index contributed by atoms with van der Waals surface area (Å²) in [6.07, 6.45) is 1.75. The maximum atomic E-state index is 14.1. The van der Waals surface area contributed by atoms with Crippen molar-refractivity contribution >= 4 is 34.4 Å². The van der Waals surface area contributed by atoms with E-state index >= 15 is 0 Å². The van der Waals surface area contributed by atoms with Gasteiger partial charge in [-0.15, -0.1) is 0 Å². The van der Waals surface area contributed by atoms with Crippen molar-refractivity contribution in [2.24, 2.45) is 7.05 Å². The van der Waals surface area contributed by atoms with Crippen molar-refractivity contribution in [1.82, 2.24) is 24.9 Å². The number of rotatable bonds is 6. The minimum Gasteiger partial charge on any atom is -0.457 e. The summed E-state index contributed by atoms with van der Waals surface area (Å²) < 4.78 is 23.6. The van der Waals surface area contributed by atoms with Crippen LogP contribution < -0.4 is 15.4 Å². The molecule has 2 aromatic heterocycles. The maximum Gasteiger partial charge on any atom is 0.320 e. The fourth-order valence-electron chi connectivity index (χ4n) is 4.07. The predicted molar refractivity (Wildman–Crippen MR) is 150 cm³/mol. The lowest BCUT2D eigenvalue weighted by Crippen LogP contribution is -2.29. The highest BCUT2D eigenvalue weighted by molar-refractivity contribution is 6.30. The number of nitrogens with zero attached hydrogens (tertiary/aromatic N) is 4. The third-order valence-electron chi connectivity index (χ3n) is 6.20. The Balaban J connectivity index is 1.33.